The van der Waals surface area contributed by atoms with Gasteiger partial charge in [-0.05, 0) is 38.5 Å². The van der Waals surface area contributed by atoms with E-state index in [0.29, 0.717) is 6.54 Å². The molecule has 0 atom stereocenters. The molecule has 0 amide bonds. The van der Waals surface area contributed by atoms with Gasteiger partial charge in [-0.3, -0.25) is 4.99 Å². The maximum Gasteiger partial charge on any atom is 0.191 e. The molecule has 152 valence electrons. The summed E-state index contributed by atoms with van der Waals surface area (Å²) in [5.41, 5.74) is 2.36. The third-order valence-corrected chi connectivity index (χ3v) is 5.13. The highest BCUT2D eigenvalue weighted by molar-refractivity contribution is 5.79. The number of hydrogen-bond donors (Lipinski definition) is 2. The number of nitrogens with zero attached hydrogens (tertiary/aromatic N) is 2. The van der Waals surface area contributed by atoms with Gasteiger partial charge in [0, 0.05) is 65.0 Å². The number of nitrogens with one attached hydrogen (secondary N) is 2. The molecule has 2 N–H and O–H groups in total. The predicted octanol–water partition coefficient (Wildman–Crippen LogP) is 2.57. The van der Waals surface area contributed by atoms with Crippen molar-refractivity contribution in [2.75, 3.05) is 57.9 Å². The molecule has 0 saturated carbocycles. The highest BCUT2D eigenvalue weighted by Crippen LogP contribution is 2.24. The SMILES string of the molecule is CCNC(=NCC1(OC)CCOCC1)NCCN(CC)c1cccc(C)c1. The summed E-state index contributed by atoms with van der Waals surface area (Å²) in [5.74, 6) is 0.848. The molecule has 1 saturated heterocycles. The summed E-state index contributed by atoms with van der Waals surface area (Å²) in [7, 11) is 1.78. The number of anilines is 1. The Morgan fingerprint density at radius 2 is 2.04 bits per heavy atom. The third kappa shape index (κ3) is 6.70. The monoisotopic (exact) mass is 376 g/mol. The molecule has 0 aromatic heterocycles. The van der Waals surface area contributed by atoms with Crippen LogP contribution in [0.3, 0.4) is 0 Å². The van der Waals surface area contributed by atoms with Crippen LogP contribution in [0.15, 0.2) is 29.3 Å². The standard InChI is InChI=1S/C21H36N4O2/c1-5-22-20(24-17-21(26-4)10-14-27-15-11-21)23-12-13-25(6-2)19-9-7-8-18(3)16-19/h7-9,16H,5-6,10-15,17H2,1-4H3,(H2,22,23,24). The van der Waals surface area contributed by atoms with E-state index in [1.807, 2.05) is 0 Å². The Balaban J connectivity index is 1.90. The quantitative estimate of drug-likeness (QED) is 0.512. The fourth-order valence-electron chi connectivity index (χ4n) is 3.34. The summed E-state index contributed by atoms with van der Waals surface area (Å²) in [6.07, 6.45) is 1.78. The van der Waals surface area contributed by atoms with Gasteiger partial charge in [-0.25, -0.2) is 0 Å². The molecule has 0 spiro atoms. The lowest BCUT2D eigenvalue weighted by molar-refractivity contribution is -0.0828. The number of likely N-dealkylation sites (N-methyl/N-ethyl adjacent to an activating group) is 1. The number of rotatable bonds is 9. The van der Waals surface area contributed by atoms with Crippen LogP contribution in [0, 0.1) is 6.92 Å². The van der Waals surface area contributed by atoms with Gasteiger partial charge in [0.1, 0.15) is 0 Å². The Bertz CT molecular complexity index is 585. The van der Waals surface area contributed by atoms with E-state index in [4.69, 9.17) is 14.5 Å². The van der Waals surface area contributed by atoms with E-state index in [2.05, 4.69) is 60.6 Å². The van der Waals surface area contributed by atoms with Gasteiger partial charge in [0.15, 0.2) is 5.96 Å². The Morgan fingerprint density at radius 1 is 1.26 bits per heavy atom. The summed E-state index contributed by atoms with van der Waals surface area (Å²) in [6, 6.07) is 8.65. The average Bonchev–Trinajstić information content (AvgIpc) is 2.70. The van der Waals surface area contributed by atoms with Gasteiger partial charge in [0.25, 0.3) is 0 Å². The van der Waals surface area contributed by atoms with E-state index in [9.17, 15) is 0 Å². The van der Waals surface area contributed by atoms with Crippen molar-refractivity contribution in [3.63, 3.8) is 0 Å². The molecule has 1 aliphatic heterocycles. The molecule has 1 heterocycles. The minimum Gasteiger partial charge on any atom is -0.381 e. The molecule has 1 aromatic carbocycles. The molecular weight excluding hydrogens is 340 g/mol. The van der Waals surface area contributed by atoms with Crippen molar-refractivity contribution in [3.8, 4) is 0 Å². The summed E-state index contributed by atoms with van der Waals surface area (Å²) in [4.78, 5) is 7.16. The number of hydrogen-bond acceptors (Lipinski definition) is 4. The second kappa shape index (κ2) is 11.1. The summed E-state index contributed by atoms with van der Waals surface area (Å²) in [5, 5.41) is 6.80. The van der Waals surface area contributed by atoms with Crippen molar-refractivity contribution in [1.29, 1.82) is 0 Å². The van der Waals surface area contributed by atoms with Crippen LogP contribution in [0.5, 0.6) is 0 Å². The lowest BCUT2D eigenvalue weighted by atomic mass is 9.94. The number of ether oxygens (including phenoxy) is 2. The Hall–Kier alpha value is -1.79. The molecule has 2 rings (SSSR count). The highest BCUT2D eigenvalue weighted by atomic mass is 16.5. The molecular formula is C21H36N4O2. The van der Waals surface area contributed by atoms with Gasteiger partial charge in [-0.1, -0.05) is 12.1 Å². The lowest BCUT2D eigenvalue weighted by Gasteiger charge is -2.34. The van der Waals surface area contributed by atoms with Gasteiger partial charge >= 0.3 is 0 Å². The van der Waals surface area contributed by atoms with Gasteiger partial charge in [-0.2, -0.15) is 0 Å². The van der Waals surface area contributed by atoms with Crippen molar-refractivity contribution in [2.24, 2.45) is 4.99 Å². The largest absolute Gasteiger partial charge is 0.381 e. The predicted molar refractivity (Wildman–Crippen MR) is 113 cm³/mol. The smallest absolute Gasteiger partial charge is 0.191 e. The minimum absolute atomic E-state index is 0.197. The second-order valence-corrected chi connectivity index (χ2v) is 7.04. The molecule has 0 bridgehead atoms. The molecule has 0 unspecified atom stereocenters. The van der Waals surface area contributed by atoms with E-state index in [0.717, 1.165) is 58.2 Å². The van der Waals surface area contributed by atoms with Crippen molar-refractivity contribution in [3.05, 3.63) is 29.8 Å². The van der Waals surface area contributed by atoms with Crippen LogP contribution in [-0.2, 0) is 9.47 Å². The first kappa shape index (κ1) is 21.5. The fourth-order valence-corrected chi connectivity index (χ4v) is 3.34. The summed E-state index contributed by atoms with van der Waals surface area (Å²) in [6.45, 7) is 12.1. The number of guanidine groups is 1. The molecule has 0 radical (unpaired) electrons. The van der Waals surface area contributed by atoms with Crippen LogP contribution in [0.4, 0.5) is 5.69 Å². The second-order valence-electron chi connectivity index (χ2n) is 7.04. The van der Waals surface area contributed by atoms with Crippen LogP contribution in [0.1, 0.15) is 32.3 Å². The first-order valence-electron chi connectivity index (χ1n) is 10.1. The first-order chi connectivity index (χ1) is 13.1. The number of benzene rings is 1. The molecule has 0 aliphatic carbocycles. The Kier molecular flexibility index (Phi) is 8.88. The van der Waals surface area contributed by atoms with Crippen molar-refractivity contribution >= 4 is 11.6 Å². The van der Waals surface area contributed by atoms with Crippen LogP contribution < -0.4 is 15.5 Å². The number of aryl methyl sites for hydroxylation is 1. The maximum absolute atomic E-state index is 5.79. The Morgan fingerprint density at radius 3 is 2.67 bits per heavy atom. The first-order valence-corrected chi connectivity index (χ1v) is 10.1. The van der Waals surface area contributed by atoms with E-state index < -0.39 is 0 Å². The van der Waals surface area contributed by atoms with Crippen molar-refractivity contribution < 1.29 is 9.47 Å². The van der Waals surface area contributed by atoms with Crippen LogP contribution >= 0.6 is 0 Å². The van der Waals surface area contributed by atoms with Gasteiger partial charge in [-0.15, -0.1) is 0 Å². The number of methoxy groups -OCH3 is 1. The molecule has 6 nitrogen and oxygen atoms in total. The highest BCUT2D eigenvalue weighted by Gasteiger charge is 2.32. The molecule has 6 heteroatoms. The van der Waals surface area contributed by atoms with Gasteiger partial charge in [0.05, 0.1) is 12.1 Å². The molecule has 1 aromatic rings. The average molecular weight is 377 g/mol. The van der Waals surface area contributed by atoms with Crippen LogP contribution in [-0.4, -0.2) is 64.6 Å². The minimum atomic E-state index is -0.197. The van der Waals surface area contributed by atoms with Crippen molar-refractivity contribution in [2.45, 2.75) is 39.2 Å². The topological polar surface area (TPSA) is 58.1 Å². The molecule has 1 fully saturated rings. The Labute approximate surface area is 164 Å². The molecule has 1 aliphatic rings. The van der Waals surface area contributed by atoms with E-state index in [1.54, 1.807) is 7.11 Å². The number of aliphatic imine (C=N–C) groups is 1. The van der Waals surface area contributed by atoms with Crippen LogP contribution in [0.25, 0.3) is 0 Å². The zero-order valence-electron chi connectivity index (χ0n) is 17.4. The van der Waals surface area contributed by atoms with Gasteiger partial charge in [0.2, 0.25) is 0 Å². The van der Waals surface area contributed by atoms with Crippen LogP contribution in [0.2, 0.25) is 0 Å². The summed E-state index contributed by atoms with van der Waals surface area (Å²) >= 11 is 0. The zero-order valence-corrected chi connectivity index (χ0v) is 17.4. The normalized spacial score (nSPS) is 16.8. The fraction of sp³-hybridized carbons (Fsp3) is 0.667. The maximum atomic E-state index is 5.79. The van der Waals surface area contributed by atoms with E-state index in [1.165, 1.54) is 11.3 Å². The third-order valence-electron chi connectivity index (χ3n) is 5.13. The van der Waals surface area contributed by atoms with E-state index >= 15 is 0 Å². The van der Waals surface area contributed by atoms with E-state index in [-0.39, 0.29) is 5.60 Å². The zero-order chi connectivity index (χ0) is 19.5. The lowest BCUT2D eigenvalue weighted by Crippen LogP contribution is -2.45. The molecule has 27 heavy (non-hydrogen) atoms. The summed E-state index contributed by atoms with van der Waals surface area (Å²) < 4.78 is 11.3. The van der Waals surface area contributed by atoms with Crippen molar-refractivity contribution in [1.82, 2.24) is 10.6 Å². The van der Waals surface area contributed by atoms with Gasteiger partial charge < -0.3 is 25.0 Å².